The smallest absolute Gasteiger partial charge is 0.169 e. The van der Waals surface area contributed by atoms with Crippen LogP contribution in [0.4, 0.5) is 0 Å². The maximum atomic E-state index is 13.1. The number of carbonyl (C=O) groups excluding carboxylic acids is 1. The first-order valence-corrected chi connectivity index (χ1v) is 8.64. The predicted octanol–water partition coefficient (Wildman–Crippen LogP) is 3.32. The number of Topliss-reactive ketones (excluding diaryl/α,β-unsaturated/α-hetero) is 1. The number of carbonyl (C=O) groups is 1. The van der Waals surface area contributed by atoms with Gasteiger partial charge in [0.1, 0.15) is 5.75 Å². The standard InChI is InChI=1S/C19H25NO2/c1-22-16-4-5-17-15(12-16)6-7-19(18(17)21)8-10-20(11-9-19)13-14-2-3-14/h4-5,12,14H,2-3,6-11,13H2,1H3. The normalized spacial score (nSPS) is 24.3. The van der Waals surface area contributed by atoms with Crippen molar-refractivity contribution in [3.8, 4) is 5.75 Å². The van der Waals surface area contributed by atoms with Gasteiger partial charge in [-0.15, -0.1) is 0 Å². The van der Waals surface area contributed by atoms with Crippen molar-refractivity contribution < 1.29 is 9.53 Å². The second-order valence-corrected chi connectivity index (χ2v) is 7.38. The molecule has 0 radical (unpaired) electrons. The molecule has 3 nitrogen and oxygen atoms in total. The zero-order valence-corrected chi connectivity index (χ0v) is 13.4. The molecule has 1 heterocycles. The lowest BCUT2D eigenvalue weighted by atomic mass is 9.65. The average Bonchev–Trinajstić information content (AvgIpc) is 3.37. The number of likely N-dealkylation sites (tertiary alicyclic amines) is 1. The van der Waals surface area contributed by atoms with Crippen LogP contribution in [0.1, 0.15) is 48.0 Å². The van der Waals surface area contributed by atoms with Gasteiger partial charge in [-0.05, 0) is 81.3 Å². The molecule has 1 spiro atoms. The quantitative estimate of drug-likeness (QED) is 0.857. The molecular weight excluding hydrogens is 274 g/mol. The van der Waals surface area contributed by atoms with Gasteiger partial charge >= 0.3 is 0 Å². The summed E-state index contributed by atoms with van der Waals surface area (Å²) in [5.74, 6) is 2.20. The van der Waals surface area contributed by atoms with Crippen LogP contribution >= 0.6 is 0 Å². The highest BCUT2D eigenvalue weighted by atomic mass is 16.5. The van der Waals surface area contributed by atoms with Crippen LogP contribution < -0.4 is 4.74 Å². The summed E-state index contributed by atoms with van der Waals surface area (Å²) in [7, 11) is 1.68. The van der Waals surface area contributed by atoms with Crippen LogP contribution in [0.2, 0.25) is 0 Å². The third-order valence-corrected chi connectivity index (χ3v) is 5.94. The van der Waals surface area contributed by atoms with Crippen LogP contribution in [0.25, 0.3) is 0 Å². The van der Waals surface area contributed by atoms with Gasteiger partial charge in [-0.3, -0.25) is 4.79 Å². The van der Waals surface area contributed by atoms with Gasteiger partial charge in [-0.2, -0.15) is 0 Å². The van der Waals surface area contributed by atoms with Crippen molar-refractivity contribution in [3.63, 3.8) is 0 Å². The number of hydrogen-bond donors (Lipinski definition) is 0. The van der Waals surface area contributed by atoms with Gasteiger partial charge in [0, 0.05) is 17.5 Å². The highest BCUT2D eigenvalue weighted by Crippen LogP contribution is 2.44. The van der Waals surface area contributed by atoms with E-state index in [2.05, 4.69) is 4.90 Å². The number of hydrogen-bond acceptors (Lipinski definition) is 3. The molecule has 3 aliphatic rings. The minimum atomic E-state index is -0.0817. The summed E-state index contributed by atoms with van der Waals surface area (Å²) in [6.45, 7) is 3.47. The Morgan fingerprint density at radius 2 is 2.00 bits per heavy atom. The SMILES string of the molecule is COc1ccc2c(c1)CCC1(CCN(CC3CC3)CC1)C2=O. The topological polar surface area (TPSA) is 29.5 Å². The van der Waals surface area contributed by atoms with E-state index in [1.54, 1.807) is 7.11 Å². The van der Waals surface area contributed by atoms with Gasteiger partial charge in [0.05, 0.1) is 7.11 Å². The lowest BCUT2D eigenvalue weighted by Gasteiger charge is -2.43. The van der Waals surface area contributed by atoms with Crippen LogP contribution in [0.3, 0.4) is 0 Å². The first-order chi connectivity index (χ1) is 10.7. The highest BCUT2D eigenvalue weighted by molar-refractivity contribution is 6.03. The van der Waals surface area contributed by atoms with Crippen molar-refractivity contribution in [2.45, 2.75) is 38.5 Å². The van der Waals surface area contributed by atoms with E-state index >= 15 is 0 Å². The van der Waals surface area contributed by atoms with Crippen molar-refractivity contribution in [1.82, 2.24) is 4.90 Å². The lowest BCUT2D eigenvalue weighted by Crippen LogP contribution is -2.46. The molecule has 118 valence electrons. The molecule has 2 aliphatic carbocycles. The molecule has 22 heavy (non-hydrogen) atoms. The molecule has 1 aromatic carbocycles. The number of nitrogens with zero attached hydrogens (tertiary/aromatic N) is 1. The minimum absolute atomic E-state index is 0.0817. The van der Waals surface area contributed by atoms with E-state index in [-0.39, 0.29) is 5.41 Å². The summed E-state index contributed by atoms with van der Waals surface area (Å²) in [6.07, 6.45) is 6.95. The number of benzene rings is 1. The molecule has 1 saturated carbocycles. The summed E-state index contributed by atoms with van der Waals surface area (Å²) in [5.41, 5.74) is 2.04. The molecule has 2 fully saturated rings. The van der Waals surface area contributed by atoms with Crippen LogP contribution in [0.15, 0.2) is 18.2 Å². The Balaban J connectivity index is 1.50. The molecule has 1 saturated heterocycles. The summed E-state index contributed by atoms with van der Waals surface area (Å²) in [5, 5.41) is 0. The van der Waals surface area contributed by atoms with E-state index in [9.17, 15) is 4.79 Å². The lowest BCUT2D eigenvalue weighted by molar-refractivity contribution is 0.0534. The number of fused-ring (bicyclic) bond motifs is 1. The largest absolute Gasteiger partial charge is 0.497 e. The maximum absolute atomic E-state index is 13.1. The minimum Gasteiger partial charge on any atom is -0.497 e. The fourth-order valence-electron chi connectivity index (χ4n) is 4.20. The molecule has 0 amide bonds. The van der Waals surface area contributed by atoms with Gasteiger partial charge in [-0.1, -0.05) is 0 Å². The second kappa shape index (κ2) is 5.38. The third-order valence-electron chi connectivity index (χ3n) is 5.94. The van der Waals surface area contributed by atoms with Crippen LogP contribution in [-0.4, -0.2) is 37.4 Å². The molecule has 0 N–H and O–H groups in total. The number of methoxy groups -OCH3 is 1. The molecule has 3 heteroatoms. The van der Waals surface area contributed by atoms with E-state index < -0.39 is 0 Å². The van der Waals surface area contributed by atoms with Gasteiger partial charge in [0.25, 0.3) is 0 Å². The second-order valence-electron chi connectivity index (χ2n) is 7.38. The van der Waals surface area contributed by atoms with Gasteiger partial charge in [-0.25, -0.2) is 0 Å². The Hall–Kier alpha value is -1.35. The van der Waals surface area contributed by atoms with E-state index in [1.165, 1.54) is 24.9 Å². The Bertz CT molecular complexity index is 583. The third kappa shape index (κ3) is 2.45. The Labute approximate surface area is 132 Å². The molecule has 4 rings (SSSR count). The fourth-order valence-corrected chi connectivity index (χ4v) is 4.20. The molecule has 1 aliphatic heterocycles. The summed E-state index contributed by atoms with van der Waals surface area (Å²) in [4.78, 5) is 15.7. The van der Waals surface area contributed by atoms with E-state index in [1.807, 2.05) is 18.2 Å². The number of rotatable bonds is 3. The van der Waals surface area contributed by atoms with Gasteiger partial charge in [0.2, 0.25) is 0 Å². The van der Waals surface area contributed by atoms with E-state index in [4.69, 9.17) is 4.74 Å². The number of piperidine rings is 1. The van der Waals surface area contributed by atoms with Crippen molar-refractivity contribution in [3.05, 3.63) is 29.3 Å². The molecular formula is C19H25NO2. The van der Waals surface area contributed by atoms with Crippen LogP contribution in [0.5, 0.6) is 5.75 Å². The number of ketones is 1. The first kappa shape index (κ1) is 14.3. The zero-order chi connectivity index (χ0) is 15.2. The predicted molar refractivity (Wildman–Crippen MR) is 86.5 cm³/mol. The molecule has 0 aromatic heterocycles. The van der Waals surface area contributed by atoms with Gasteiger partial charge in [0.15, 0.2) is 5.78 Å². The van der Waals surface area contributed by atoms with Crippen molar-refractivity contribution >= 4 is 5.78 Å². The zero-order valence-electron chi connectivity index (χ0n) is 13.4. The average molecular weight is 299 g/mol. The van der Waals surface area contributed by atoms with Crippen LogP contribution in [0, 0.1) is 11.3 Å². The summed E-state index contributed by atoms with van der Waals surface area (Å²) < 4.78 is 5.29. The maximum Gasteiger partial charge on any atom is 0.169 e. The first-order valence-electron chi connectivity index (χ1n) is 8.64. The molecule has 0 unspecified atom stereocenters. The van der Waals surface area contributed by atoms with Crippen molar-refractivity contribution in [2.24, 2.45) is 11.3 Å². The molecule has 0 atom stereocenters. The molecule has 1 aromatic rings. The van der Waals surface area contributed by atoms with E-state index in [0.717, 1.165) is 56.0 Å². The Morgan fingerprint density at radius 3 is 2.68 bits per heavy atom. The Morgan fingerprint density at radius 1 is 1.23 bits per heavy atom. The van der Waals surface area contributed by atoms with E-state index in [0.29, 0.717) is 5.78 Å². The Kier molecular flexibility index (Phi) is 3.48. The summed E-state index contributed by atoms with van der Waals surface area (Å²) >= 11 is 0. The molecule has 0 bridgehead atoms. The number of aryl methyl sites for hydroxylation is 1. The van der Waals surface area contributed by atoms with Gasteiger partial charge < -0.3 is 9.64 Å². The van der Waals surface area contributed by atoms with Crippen LogP contribution in [-0.2, 0) is 6.42 Å². The van der Waals surface area contributed by atoms with Crippen molar-refractivity contribution in [2.75, 3.05) is 26.7 Å². The monoisotopic (exact) mass is 299 g/mol. The fraction of sp³-hybridized carbons (Fsp3) is 0.632. The highest BCUT2D eigenvalue weighted by Gasteiger charge is 2.44. The van der Waals surface area contributed by atoms with Crippen molar-refractivity contribution in [1.29, 1.82) is 0 Å². The summed E-state index contributed by atoms with van der Waals surface area (Å²) in [6, 6.07) is 5.95. The number of ether oxygens (including phenoxy) is 1.